The zero-order valence-corrected chi connectivity index (χ0v) is 8.49. The molecule has 0 saturated heterocycles. The van der Waals surface area contributed by atoms with Crippen LogP contribution in [-0.4, -0.2) is 29.7 Å². The fourth-order valence-corrected chi connectivity index (χ4v) is 1.35. The molecule has 9 heteroatoms. The molecule has 3 heterocycles. The molecule has 17 heavy (non-hydrogen) atoms. The minimum atomic E-state index is -0.322. The third-order valence-electron chi connectivity index (χ3n) is 2.14. The first-order chi connectivity index (χ1) is 8.33. The van der Waals surface area contributed by atoms with Gasteiger partial charge in [-0.1, -0.05) is 5.16 Å². The van der Waals surface area contributed by atoms with E-state index in [-0.39, 0.29) is 5.69 Å². The van der Waals surface area contributed by atoms with E-state index in [1.54, 1.807) is 6.07 Å². The van der Waals surface area contributed by atoms with Gasteiger partial charge in [0, 0.05) is 6.07 Å². The van der Waals surface area contributed by atoms with Crippen LogP contribution in [0.3, 0.4) is 0 Å². The first kappa shape index (κ1) is 9.51. The van der Waals surface area contributed by atoms with Crippen molar-refractivity contribution >= 4 is 11.5 Å². The summed E-state index contributed by atoms with van der Waals surface area (Å²) in [6, 6.07) is 1.64. The molecule has 3 rings (SSSR count). The molecule has 0 bridgehead atoms. The molecule has 0 aliphatic carbocycles. The summed E-state index contributed by atoms with van der Waals surface area (Å²) in [6.45, 7) is 0.383. The Bertz CT molecular complexity index is 683. The van der Waals surface area contributed by atoms with Crippen LogP contribution < -0.4 is 11.0 Å². The highest BCUT2D eigenvalue weighted by molar-refractivity contribution is 5.48. The Hall–Kier alpha value is -2.71. The molecule has 0 saturated carbocycles. The maximum Gasteiger partial charge on any atom is 0.348 e. The Kier molecular flexibility index (Phi) is 2.07. The van der Waals surface area contributed by atoms with Gasteiger partial charge in [0.2, 0.25) is 6.39 Å². The van der Waals surface area contributed by atoms with E-state index in [1.807, 2.05) is 0 Å². The third kappa shape index (κ3) is 1.73. The lowest BCUT2D eigenvalue weighted by atomic mass is 10.5. The summed E-state index contributed by atoms with van der Waals surface area (Å²) in [5.41, 5.74) is 0.165. The van der Waals surface area contributed by atoms with E-state index in [2.05, 4.69) is 35.2 Å². The Balaban J connectivity index is 1.83. The molecule has 0 aliphatic rings. The van der Waals surface area contributed by atoms with Gasteiger partial charge in [-0.3, -0.25) is 0 Å². The summed E-state index contributed by atoms with van der Waals surface area (Å²) in [5.74, 6) is 1.09. The number of hydrogen-bond donors (Lipinski definition) is 2. The highest BCUT2D eigenvalue weighted by Crippen LogP contribution is 2.05. The van der Waals surface area contributed by atoms with Gasteiger partial charge < -0.3 is 9.84 Å². The molecule has 9 nitrogen and oxygen atoms in total. The first-order valence-corrected chi connectivity index (χ1v) is 4.75. The lowest BCUT2D eigenvalue weighted by Crippen LogP contribution is -2.10. The number of aromatic amines is 1. The smallest absolute Gasteiger partial charge is 0.348 e. The lowest BCUT2D eigenvalue weighted by molar-refractivity contribution is 0.411. The highest BCUT2D eigenvalue weighted by Gasteiger charge is 2.03. The normalized spacial score (nSPS) is 10.8. The second kappa shape index (κ2) is 3.70. The van der Waals surface area contributed by atoms with Crippen molar-refractivity contribution in [3.63, 3.8) is 0 Å². The number of aromatic nitrogens is 6. The van der Waals surface area contributed by atoms with Gasteiger partial charge in [0.15, 0.2) is 11.5 Å². The number of anilines is 1. The van der Waals surface area contributed by atoms with Gasteiger partial charge in [-0.15, -0.1) is 0 Å². The average molecular weight is 233 g/mol. The predicted octanol–water partition coefficient (Wildman–Crippen LogP) is -0.587. The number of nitrogens with one attached hydrogen (secondary N) is 2. The van der Waals surface area contributed by atoms with Crippen molar-refractivity contribution in [2.75, 3.05) is 5.32 Å². The van der Waals surface area contributed by atoms with Crippen molar-refractivity contribution < 1.29 is 4.52 Å². The molecule has 2 N–H and O–H groups in total. The molecule has 0 atom stereocenters. The van der Waals surface area contributed by atoms with E-state index in [1.165, 1.54) is 17.1 Å². The van der Waals surface area contributed by atoms with E-state index in [0.29, 0.717) is 23.8 Å². The summed E-state index contributed by atoms with van der Waals surface area (Å²) >= 11 is 0. The standard InChI is InChI=1S/C8H7N7O2/c16-8-13-12-7-1-5(10-3-15(7)8)9-2-6-11-4-17-14-6/h1,3-4,9H,2H2,(H,13,16). The van der Waals surface area contributed by atoms with Crippen molar-refractivity contribution in [3.8, 4) is 0 Å². The Morgan fingerprint density at radius 3 is 3.24 bits per heavy atom. The fourth-order valence-electron chi connectivity index (χ4n) is 1.35. The number of hydrogen-bond acceptors (Lipinski definition) is 7. The number of H-pyrrole nitrogens is 1. The van der Waals surface area contributed by atoms with Gasteiger partial charge in [0.25, 0.3) is 0 Å². The molecule has 0 spiro atoms. The van der Waals surface area contributed by atoms with Crippen LogP contribution in [0.5, 0.6) is 0 Å². The Morgan fingerprint density at radius 2 is 2.41 bits per heavy atom. The first-order valence-electron chi connectivity index (χ1n) is 4.75. The maximum absolute atomic E-state index is 11.2. The van der Waals surface area contributed by atoms with Crippen molar-refractivity contribution in [3.05, 3.63) is 35.1 Å². The van der Waals surface area contributed by atoms with Crippen LogP contribution in [0.2, 0.25) is 0 Å². The lowest BCUT2D eigenvalue weighted by Gasteiger charge is -2.01. The molecule has 0 radical (unpaired) electrons. The molecule has 3 aromatic heterocycles. The van der Waals surface area contributed by atoms with Gasteiger partial charge in [0.1, 0.15) is 12.1 Å². The third-order valence-corrected chi connectivity index (χ3v) is 2.14. The molecule has 0 unspecified atom stereocenters. The quantitative estimate of drug-likeness (QED) is 0.621. The van der Waals surface area contributed by atoms with Crippen LogP contribution in [0.1, 0.15) is 5.82 Å². The Morgan fingerprint density at radius 1 is 1.47 bits per heavy atom. The van der Waals surface area contributed by atoms with Gasteiger partial charge in [-0.05, 0) is 0 Å². The maximum atomic E-state index is 11.2. The number of rotatable bonds is 3. The summed E-state index contributed by atoms with van der Waals surface area (Å²) in [4.78, 5) is 19.1. The van der Waals surface area contributed by atoms with Crippen LogP contribution in [-0.2, 0) is 6.54 Å². The van der Waals surface area contributed by atoms with Gasteiger partial charge in [-0.25, -0.2) is 19.3 Å². The van der Waals surface area contributed by atoms with Gasteiger partial charge in [0.05, 0.1) is 6.54 Å². The van der Waals surface area contributed by atoms with Crippen molar-refractivity contribution in [2.45, 2.75) is 6.54 Å². The van der Waals surface area contributed by atoms with Gasteiger partial charge in [-0.2, -0.15) is 10.1 Å². The van der Waals surface area contributed by atoms with Crippen LogP contribution >= 0.6 is 0 Å². The zero-order chi connectivity index (χ0) is 11.7. The van der Waals surface area contributed by atoms with E-state index in [4.69, 9.17) is 0 Å². The largest absolute Gasteiger partial charge is 0.362 e. The van der Waals surface area contributed by atoms with Crippen LogP contribution in [0.25, 0.3) is 5.65 Å². The number of nitrogens with zero attached hydrogens (tertiary/aromatic N) is 5. The van der Waals surface area contributed by atoms with E-state index in [9.17, 15) is 4.79 Å². The van der Waals surface area contributed by atoms with Crippen molar-refractivity contribution in [2.24, 2.45) is 0 Å². The molecule has 3 aromatic rings. The van der Waals surface area contributed by atoms with Crippen molar-refractivity contribution in [1.29, 1.82) is 0 Å². The van der Waals surface area contributed by atoms with E-state index in [0.717, 1.165) is 0 Å². The summed E-state index contributed by atoms with van der Waals surface area (Å²) in [5, 5.41) is 12.8. The molecular formula is C8H7N7O2. The van der Waals surface area contributed by atoms with E-state index < -0.39 is 0 Å². The second-order valence-electron chi connectivity index (χ2n) is 3.23. The van der Waals surface area contributed by atoms with Crippen molar-refractivity contribution in [1.82, 2.24) is 29.7 Å². The Labute approximate surface area is 93.5 Å². The SMILES string of the molecule is O=c1[nH]nc2cc(NCc3ncon3)ncn12. The van der Waals surface area contributed by atoms with Crippen LogP contribution in [0, 0.1) is 0 Å². The molecule has 0 fully saturated rings. The molecule has 86 valence electrons. The number of fused-ring (bicyclic) bond motifs is 1. The minimum Gasteiger partial charge on any atom is -0.362 e. The van der Waals surface area contributed by atoms with Crippen LogP contribution in [0.15, 0.2) is 28.1 Å². The summed E-state index contributed by atoms with van der Waals surface area (Å²) in [6.07, 6.45) is 2.64. The highest BCUT2D eigenvalue weighted by atomic mass is 16.5. The summed E-state index contributed by atoms with van der Waals surface area (Å²) < 4.78 is 5.90. The predicted molar refractivity (Wildman–Crippen MR) is 55.2 cm³/mol. The molecule has 0 aromatic carbocycles. The second-order valence-corrected chi connectivity index (χ2v) is 3.23. The molecular weight excluding hydrogens is 226 g/mol. The summed E-state index contributed by atoms with van der Waals surface area (Å²) in [7, 11) is 0. The topological polar surface area (TPSA) is 114 Å². The van der Waals surface area contributed by atoms with E-state index >= 15 is 0 Å². The molecule has 0 amide bonds. The fraction of sp³-hybridized carbons (Fsp3) is 0.125. The van der Waals surface area contributed by atoms with Gasteiger partial charge >= 0.3 is 5.69 Å². The zero-order valence-electron chi connectivity index (χ0n) is 8.49. The monoisotopic (exact) mass is 233 g/mol. The minimum absolute atomic E-state index is 0.322. The van der Waals surface area contributed by atoms with Crippen LogP contribution in [0.4, 0.5) is 5.82 Å². The average Bonchev–Trinajstić information content (AvgIpc) is 2.97. The molecule has 0 aliphatic heterocycles.